The van der Waals surface area contributed by atoms with Gasteiger partial charge in [-0.15, -0.1) is 11.3 Å². The van der Waals surface area contributed by atoms with Crippen molar-refractivity contribution in [2.45, 2.75) is 53.6 Å². The molecular weight excluding hydrogens is 324 g/mol. The first kappa shape index (κ1) is 15.8. The zero-order chi connectivity index (χ0) is 14.9. The zero-order valence-electron chi connectivity index (χ0n) is 12.2. The highest BCUT2D eigenvalue weighted by Gasteiger charge is 2.37. The third kappa shape index (κ3) is 3.82. The number of thiophene rings is 1. The molecule has 0 radical (unpaired) electrons. The molecule has 0 saturated heterocycles. The van der Waals surface area contributed by atoms with Gasteiger partial charge in [-0.05, 0) is 44.1 Å². The molecule has 0 aliphatic heterocycles. The molecule has 0 bridgehead atoms. The summed E-state index contributed by atoms with van der Waals surface area (Å²) in [7, 11) is -3.35. The van der Waals surface area contributed by atoms with Gasteiger partial charge in [-0.3, -0.25) is 0 Å². The standard InChI is InChI=1S/C14H22N2O2S3/c1-19-14(7-2-8-14)10-16-21(17,18)13-6-5-12(20-13)9-15-11-3-4-11/h5-6,11,15-16H,2-4,7-10H2,1H3. The topological polar surface area (TPSA) is 58.2 Å². The first-order chi connectivity index (χ1) is 10.0. The van der Waals surface area contributed by atoms with E-state index in [4.69, 9.17) is 0 Å². The quantitative estimate of drug-likeness (QED) is 0.759. The van der Waals surface area contributed by atoms with Crippen LogP contribution in [0.3, 0.4) is 0 Å². The number of hydrogen-bond donors (Lipinski definition) is 2. The molecule has 2 N–H and O–H groups in total. The minimum absolute atomic E-state index is 0.126. The van der Waals surface area contributed by atoms with Gasteiger partial charge in [0, 0.05) is 28.8 Å². The predicted molar refractivity (Wildman–Crippen MR) is 89.5 cm³/mol. The normalized spacial score (nSPS) is 21.2. The van der Waals surface area contributed by atoms with Crippen LogP contribution < -0.4 is 10.0 Å². The van der Waals surface area contributed by atoms with Crippen LogP contribution in [0.2, 0.25) is 0 Å². The van der Waals surface area contributed by atoms with E-state index in [1.807, 2.05) is 6.07 Å². The van der Waals surface area contributed by atoms with Crippen molar-refractivity contribution in [3.63, 3.8) is 0 Å². The number of hydrogen-bond acceptors (Lipinski definition) is 5. The molecular formula is C14H22N2O2S3. The lowest BCUT2D eigenvalue weighted by atomic mass is 9.84. The van der Waals surface area contributed by atoms with Crippen molar-refractivity contribution in [2.24, 2.45) is 0 Å². The summed E-state index contributed by atoms with van der Waals surface area (Å²) in [6.45, 7) is 1.32. The molecule has 2 saturated carbocycles. The SMILES string of the molecule is CSC1(CNS(=O)(=O)c2ccc(CNC3CC3)s2)CCC1. The highest BCUT2D eigenvalue weighted by Crippen LogP contribution is 2.42. The molecule has 0 atom stereocenters. The van der Waals surface area contributed by atoms with E-state index in [2.05, 4.69) is 16.3 Å². The van der Waals surface area contributed by atoms with E-state index in [9.17, 15) is 8.42 Å². The Morgan fingerprint density at radius 1 is 1.38 bits per heavy atom. The minimum Gasteiger partial charge on any atom is -0.309 e. The Kier molecular flexibility index (Phi) is 4.66. The zero-order valence-corrected chi connectivity index (χ0v) is 14.7. The van der Waals surface area contributed by atoms with Gasteiger partial charge in [-0.2, -0.15) is 11.8 Å². The molecule has 0 amide bonds. The second-order valence-corrected chi connectivity index (χ2v) is 10.4. The fourth-order valence-corrected chi connectivity index (χ4v) is 5.94. The fraction of sp³-hybridized carbons (Fsp3) is 0.714. The molecule has 1 aromatic heterocycles. The summed E-state index contributed by atoms with van der Waals surface area (Å²) in [6, 6.07) is 4.29. The lowest BCUT2D eigenvalue weighted by molar-refractivity contribution is 0.362. The average molecular weight is 347 g/mol. The Labute approximate surface area is 135 Å². The van der Waals surface area contributed by atoms with Crippen molar-refractivity contribution in [1.29, 1.82) is 0 Å². The number of thioether (sulfide) groups is 1. The van der Waals surface area contributed by atoms with Crippen LogP contribution in [0.25, 0.3) is 0 Å². The van der Waals surface area contributed by atoms with Gasteiger partial charge in [-0.1, -0.05) is 6.42 Å². The van der Waals surface area contributed by atoms with Crippen molar-refractivity contribution in [3.8, 4) is 0 Å². The molecule has 1 heterocycles. The van der Waals surface area contributed by atoms with Gasteiger partial charge in [0.25, 0.3) is 0 Å². The van der Waals surface area contributed by atoms with Gasteiger partial charge in [-0.25, -0.2) is 13.1 Å². The van der Waals surface area contributed by atoms with E-state index in [1.54, 1.807) is 17.8 Å². The van der Waals surface area contributed by atoms with Gasteiger partial charge in [0.05, 0.1) is 0 Å². The lowest BCUT2D eigenvalue weighted by Crippen LogP contribution is -2.45. The molecule has 2 aliphatic rings. The Hall–Kier alpha value is -0.0800. The third-order valence-electron chi connectivity index (χ3n) is 4.33. The monoisotopic (exact) mass is 346 g/mol. The highest BCUT2D eigenvalue weighted by atomic mass is 32.2. The summed E-state index contributed by atoms with van der Waals surface area (Å²) in [5, 5.41) is 3.41. The van der Waals surface area contributed by atoms with Crippen LogP contribution in [-0.2, 0) is 16.6 Å². The molecule has 0 aromatic carbocycles. The first-order valence-corrected chi connectivity index (χ1v) is 10.9. The van der Waals surface area contributed by atoms with Crippen LogP contribution >= 0.6 is 23.1 Å². The van der Waals surface area contributed by atoms with Gasteiger partial charge in [0.15, 0.2) is 0 Å². The third-order valence-corrected chi connectivity index (χ3v) is 8.72. The Morgan fingerprint density at radius 2 is 2.14 bits per heavy atom. The second kappa shape index (κ2) is 6.20. The summed E-state index contributed by atoms with van der Waals surface area (Å²) >= 11 is 3.16. The summed E-state index contributed by atoms with van der Waals surface area (Å²) in [6.07, 6.45) is 7.98. The molecule has 2 aliphatic carbocycles. The maximum absolute atomic E-state index is 12.4. The van der Waals surface area contributed by atoms with Crippen LogP contribution in [0, 0.1) is 0 Å². The Bertz CT molecular complexity index is 584. The molecule has 118 valence electrons. The van der Waals surface area contributed by atoms with Gasteiger partial charge >= 0.3 is 0 Å². The molecule has 3 rings (SSSR count). The molecule has 0 unspecified atom stereocenters. The van der Waals surface area contributed by atoms with Crippen molar-refractivity contribution in [2.75, 3.05) is 12.8 Å². The van der Waals surface area contributed by atoms with Gasteiger partial charge in [0.1, 0.15) is 4.21 Å². The molecule has 7 heteroatoms. The molecule has 4 nitrogen and oxygen atoms in total. The van der Waals surface area contributed by atoms with E-state index >= 15 is 0 Å². The second-order valence-electron chi connectivity index (χ2n) is 5.94. The van der Waals surface area contributed by atoms with Crippen molar-refractivity contribution in [1.82, 2.24) is 10.0 Å². The Morgan fingerprint density at radius 3 is 2.71 bits per heavy atom. The predicted octanol–water partition coefficient (Wildman–Crippen LogP) is 2.56. The van der Waals surface area contributed by atoms with E-state index < -0.39 is 10.0 Å². The fourth-order valence-electron chi connectivity index (χ4n) is 2.45. The minimum atomic E-state index is -3.35. The summed E-state index contributed by atoms with van der Waals surface area (Å²) in [5.74, 6) is 0. The van der Waals surface area contributed by atoms with Crippen LogP contribution in [0.4, 0.5) is 0 Å². The van der Waals surface area contributed by atoms with E-state index in [0.29, 0.717) is 16.8 Å². The smallest absolute Gasteiger partial charge is 0.250 e. The van der Waals surface area contributed by atoms with Gasteiger partial charge in [0.2, 0.25) is 10.0 Å². The van der Waals surface area contributed by atoms with Crippen LogP contribution in [0.15, 0.2) is 16.3 Å². The van der Waals surface area contributed by atoms with Crippen molar-refractivity contribution >= 4 is 33.1 Å². The van der Waals surface area contributed by atoms with E-state index in [1.165, 1.54) is 30.6 Å². The summed E-state index contributed by atoms with van der Waals surface area (Å²) < 4.78 is 28.1. The maximum Gasteiger partial charge on any atom is 0.250 e. The number of sulfonamides is 1. The highest BCUT2D eigenvalue weighted by molar-refractivity contribution is 8.00. The summed E-state index contributed by atoms with van der Waals surface area (Å²) in [4.78, 5) is 1.09. The Balaban J connectivity index is 1.58. The van der Waals surface area contributed by atoms with Crippen LogP contribution in [0.5, 0.6) is 0 Å². The lowest BCUT2D eigenvalue weighted by Gasteiger charge is -2.40. The van der Waals surface area contributed by atoms with Gasteiger partial charge < -0.3 is 5.32 Å². The molecule has 1 aromatic rings. The first-order valence-electron chi connectivity index (χ1n) is 7.40. The number of nitrogens with one attached hydrogen (secondary N) is 2. The molecule has 2 fully saturated rings. The maximum atomic E-state index is 12.4. The van der Waals surface area contributed by atoms with Crippen LogP contribution in [0.1, 0.15) is 37.0 Å². The largest absolute Gasteiger partial charge is 0.309 e. The van der Waals surface area contributed by atoms with Crippen LogP contribution in [-0.4, -0.2) is 32.0 Å². The average Bonchev–Trinajstić information content (AvgIpc) is 3.12. The molecule has 21 heavy (non-hydrogen) atoms. The summed E-state index contributed by atoms with van der Waals surface area (Å²) in [5.41, 5.74) is 0. The number of rotatable bonds is 8. The van der Waals surface area contributed by atoms with Crippen molar-refractivity contribution in [3.05, 3.63) is 17.0 Å². The molecule has 0 spiro atoms. The van der Waals surface area contributed by atoms with Crippen molar-refractivity contribution < 1.29 is 8.42 Å². The van der Waals surface area contributed by atoms with E-state index in [0.717, 1.165) is 24.3 Å². The van der Waals surface area contributed by atoms with E-state index in [-0.39, 0.29) is 4.75 Å².